The molecule has 2 bridgehead atoms. The highest BCUT2D eigenvalue weighted by atomic mass is 32.2. The molecule has 0 aliphatic heterocycles. The van der Waals surface area contributed by atoms with Crippen molar-refractivity contribution in [3.8, 4) is 0 Å². The minimum Gasteiger partial charge on any atom is -0.396 e. The molecule has 2 saturated carbocycles. The van der Waals surface area contributed by atoms with Crippen LogP contribution in [0.1, 0.15) is 25.7 Å². The Balaban J connectivity index is 1.78. The van der Waals surface area contributed by atoms with Crippen LogP contribution in [0.4, 0.5) is 0 Å². The molecule has 2 aliphatic rings. The van der Waals surface area contributed by atoms with Crippen LogP contribution in [-0.4, -0.2) is 22.7 Å². The first-order valence-corrected chi connectivity index (χ1v) is 5.67. The van der Waals surface area contributed by atoms with Crippen molar-refractivity contribution in [2.45, 2.75) is 30.9 Å². The monoisotopic (exact) mass is 172 g/mol. The van der Waals surface area contributed by atoms with E-state index in [0.717, 1.165) is 22.8 Å². The quantitative estimate of drug-likeness (QED) is 0.701. The Hall–Kier alpha value is 0.310. The summed E-state index contributed by atoms with van der Waals surface area (Å²) in [6, 6.07) is 0. The maximum absolute atomic E-state index is 8.68. The molecule has 3 atom stereocenters. The van der Waals surface area contributed by atoms with Gasteiger partial charge < -0.3 is 5.11 Å². The van der Waals surface area contributed by atoms with E-state index in [9.17, 15) is 0 Å². The first-order chi connectivity index (χ1) is 5.40. The summed E-state index contributed by atoms with van der Waals surface area (Å²) in [6.07, 6.45) is 5.88. The topological polar surface area (TPSA) is 20.2 Å². The zero-order chi connectivity index (χ0) is 7.68. The van der Waals surface area contributed by atoms with Gasteiger partial charge in [-0.1, -0.05) is 6.42 Å². The molecular formula is C9H16OS. The van der Waals surface area contributed by atoms with E-state index in [1.165, 1.54) is 25.7 Å². The van der Waals surface area contributed by atoms with Crippen molar-refractivity contribution in [3.05, 3.63) is 0 Å². The summed E-state index contributed by atoms with van der Waals surface area (Å²) < 4.78 is 0. The van der Waals surface area contributed by atoms with Crippen molar-refractivity contribution in [1.29, 1.82) is 0 Å². The van der Waals surface area contributed by atoms with Crippen molar-refractivity contribution in [3.63, 3.8) is 0 Å². The van der Waals surface area contributed by atoms with Crippen LogP contribution in [0.15, 0.2) is 0 Å². The maximum Gasteiger partial charge on any atom is 0.0521 e. The smallest absolute Gasteiger partial charge is 0.0521 e. The largest absolute Gasteiger partial charge is 0.396 e. The Bertz CT molecular complexity index is 138. The first-order valence-electron chi connectivity index (χ1n) is 4.62. The van der Waals surface area contributed by atoms with Crippen LogP contribution < -0.4 is 0 Å². The van der Waals surface area contributed by atoms with Crippen LogP contribution in [0.25, 0.3) is 0 Å². The van der Waals surface area contributed by atoms with Crippen LogP contribution in [0.2, 0.25) is 0 Å². The Morgan fingerprint density at radius 1 is 1.27 bits per heavy atom. The second-order valence-electron chi connectivity index (χ2n) is 3.81. The summed E-state index contributed by atoms with van der Waals surface area (Å²) in [7, 11) is 0. The SMILES string of the molecule is OCCSC1CC2CCC1C2. The third-order valence-electron chi connectivity index (χ3n) is 3.10. The Kier molecular flexibility index (Phi) is 2.42. The van der Waals surface area contributed by atoms with Crippen molar-refractivity contribution >= 4 is 11.8 Å². The molecule has 0 saturated heterocycles. The van der Waals surface area contributed by atoms with E-state index < -0.39 is 0 Å². The zero-order valence-corrected chi connectivity index (χ0v) is 7.65. The van der Waals surface area contributed by atoms with Gasteiger partial charge in [0.1, 0.15) is 0 Å². The molecule has 0 aromatic heterocycles. The van der Waals surface area contributed by atoms with Gasteiger partial charge in [-0.05, 0) is 31.1 Å². The van der Waals surface area contributed by atoms with E-state index in [-0.39, 0.29) is 0 Å². The molecule has 0 radical (unpaired) electrons. The van der Waals surface area contributed by atoms with Gasteiger partial charge in [-0.2, -0.15) is 11.8 Å². The molecule has 0 heterocycles. The lowest BCUT2D eigenvalue weighted by Gasteiger charge is -2.20. The van der Waals surface area contributed by atoms with E-state index in [1.807, 2.05) is 11.8 Å². The van der Waals surface area contributed by atoms with Crippen LogP contribution in [0.5, 0.6) is 0 Å². The van der Waals surface area contributed by atoms with Gasteiger partial charge >= 0.3 is 0 Å². The van der Waals surface area contributed by atoms with E-state index in [1.54, 1.807) is 0 Å². The van der Waals surface area contributed by atoms with Crippen molar-refractivity contribution in [2.75, 3.05) is 12.4 Å². The van der Waals surface area contributed by atoms with Crippen molar-refractivity contribution in [2.24, 2.45) is 11.8 Å². The fourth-order valence-corrected chi connectivity index (χ4v) is 3.93. The molecule has 1 nitrogen and oxygen atoms in total. The summed E-state index contributed by atoms with van der Waals surface area (Å²) in [6.45, 7) is 0.360. The fourth-order valence-electron chi connectivity index (χ4n) is 2.59. The number of thioether (sulfide) groups is 1. The molecule has 0 aromatic carbocycles. The van der Waals surface area contributed by atoms with Gasteiger partial charge in [-0.3, -0.25) is 0 Å². The summed E-state index contributed by atoms with van der Waals surface area (Å²) in [5.41, 5.74) is 0. The Labute approximate surface area is 72.6 Å². The summed E-state index contributed by atoms with van der Waals surface area (Å²) in [5.74, 6) is 3.01. The lowest BCUT2D eigenvalue weighted by Crippen LogP contribution is -2.13. The molecule has 11 heavy (non-hydrogen) atoms. The molecule has 0 spiro atoms. The average Bonchev–Trinajstić information content (AvgIpc) is 2.60. The van der Waals surface area contributed by atoms with Gasteiger partial charge in [0.05, 0.1) is 6.61 Å². The molecule has 1 N–H and O–H groups in total. The van der Waals surface area contributed by atoms with Crippen molar-refractivity contribution in [1.82, 2.24) is 0 Å². The van der Waals surface area contributed by atoms with E-state index >= 15 is 0 Å². The standard InChI is InChI=1S/C9H16OS/c10-3-4-11-9-6-7-1-2-8(9)5-7/h7-10H,1-6H2. The lowest BCUT2D eigenvalue weighted by atomic mass is 10.0. The maximum atomic E-state index is 8.68. The highest BCUT2D eigenvalue weighted by Gasteiger charge is 2.39. The predicted molar refractivity (Wildman–Crippen MR) is 48.8 cm³/mol. The number of rotatable bonds is 3. The lowest BCUT2D eigenvalue weighted by molar-refractivity contribution is 0.322. The van der Waals surface area contributed by atoms with Gasteiger partial charge in [0, 0.05) is 11.0 Å². The minimum atomic E-state index is 0.360. The number of fused-ring (bicyclic) bond motifs is 2. The third kappa shape index (κ3) is 1.57. The molecule has 64 valence electrons. The Morgan fingerprint density at radius 3 is 2.73 bits per heavy atom. The van der Waals surface area contributed by atoms with E-state index in [0.29, 0.717) is 6.61 Å². The zero-order valence-electron chi connectivity index (χ0n) is 6.83. The number of hydrogen-bond donors (Lipinski definition) is 1. The Morgan fingerprint density at radius 2 is 2.18 bits per heavy atom. The second kappa shape index (κ2) is 3.36. The third-order valence-corrected chi connectivity index (χ3v) is 4.52. The van der Waals surface area contributed by atoms with Gasteiger partial charge in [0.25, 0.3) is 0 Å². The molecule has 3 unspecified atom stereocenters. The van der Waals surface area contributed by atoms with Crippen LogP contribution in [0, 0.1) is 11.8 Å². The number of aliphatic hydroxyl groups is 1. The first kappa shape index (κ1) is 7.93. The highest BCUT2D eigenvalue weighted by Crippen LogP contribution is 2.49. The number of aliphatic hydroxyl groups excluding tert-OH is 1. The van der Waals surface area contributed by atoms with Crippen LogP contribution >= 0.6 is 11.8 Å². The fraction of sp³-hybridized carbons (Fsp3) is 1.00. The molecule has 0 amide bonds. The molecule has 2 rings (SSSR count). The second-order valence-corrected chi connectivity index (χ2v) is 5.15. The summed E-state index contributed by atoms with van der Waals surface area (Å²) in [5, 5.41) is 9.58. The number of hydrogen-bond acceptors (Lipinski definition) is 2. The molecule has 2 heteroatoms. The molecular weight excluding hydrogens is 156 g/mol. The van der Waals surface area contributed by atoms with Crippen LogP contribution in [0.3, 0.4) is 0 Å². The molecule has 2 fully saturated rings. The summed E-state index contributed by atoms with van der Waals surface area (Å²) >= 11 is 2.00. The normalized spacial score (nSPS) is 41.7. The van der Waals surface area contributed by atoms with Crippen LogP contribution in [-0.2, 0) is 0 Å². The summed E-state index contributed by atoms with van der Waals surface area (Å²) in [4.78, 5) is 0. The average molecular weight is 172 g/mol. The van der Waals surface area contributed by atoms with Gasteiger partial charge in [-0.15, -0.1) is 0 Å². The van der Waals surface area contributed by atoms with E-state index in [4.69, 9.17) is 5.11 Å². The van der Waals surface area contributed by atoms with Gasteiger partial charge in [0.2, 0.25) is 0 Å². The molecule has 2 aliphatic carbocycles. The predicted octanol–water partition coefficient (Wildman–Crippen LogP) is 1.90. The van der Waals surface area contributed by atoms with E-state index in [2.05, 4.69) is 0 Å². The van der Waals surface area contributed by atoms with Gasteiger partial charge in [0.15, 0.2) is 0 Å². The van der Waals surface area contributed by atoms with Crippen molar-refractivity contribution < 1.29 is 5.11 Å². The minimum absolute atomic E-state index is 0.360. The van der Waals surface area contributed by atoms with Gasteiger partial charge in [-0.25, -0.2) is 0 Å². The molecule has 0 aromatic rings. The highest BCUT2D eigenvalue weighted by molar-refractivity contribution is 7.99.